The molecule has 0 saturated carbocycles. The Bertz CT molecular complexity index is 1090. The first kappa shape index (κ1) is 17.4. The van der Waals surface area contributed by atoms with Crippen LogP contribution in [0.4, 0.5) is 0 Å². The lowest BCUT2D eigenvalue weighted by Crippen LogP contribution is -2.12. The topological polar surface area (TPSA) is 95.3 Å². The number of ketones is 2. The normalized spacial score (nSPS) is 10.7. The van der Waals surface area contributed by atoms with Gasteiger partial charge in [0.15, 0.2) is 0 Å². The SMILES string of the molecule is O=C(c1ccccc1O)c1[nH]ccc1-n1cccc1C(=O)c1ccccc1O. The van der Waals surface area contributed by atoms with Crippen LogP contribution in [0.3, 0.4) is 0 Å². The summed E-state index contributed by atoms with van der Waals surface area (Å²) < 4.78 is 1.58. The van der Waals surface area contributed by atoms with Gasteiger partial charge in [0.2, 0.25) is 11.6 Å². The van der Waals surface area contributed by atoms with Crippen molar-refractivity contribution in [1.82, 2.24) is 9.55 Å². The van der Waals surface area contributed by atoms with Crippen molar-refractivity contribution in [2.75, 3.05) is 0 Å². The molecular weight excluding hydrogens is 356 g/mol. The molecule has 0 amide bonds. The summed E-state index contributed by atoms with van der Waals surface area (Å²) in [7, 11) is 0. The van der Waals surface area contributed by atoms with Crippen LogP contribution in [0.5, 0.6) is 11.5 Å². The first-order valence-corrected chi connectivity index (χ1v) is 8.58. The van der Waals surface area contributed by atoms with Gasteiger partial charge in [-0.1, -0.05) is 24.3 Å². The van der Waals surface area contributed by atoms with Crippen LogP contribution >= 0.6 is 0 Å². The Morgan fingerprint density at radius 3 is 2.00 bits per heavy atom. The summed E-state index contributed by atoms with van der Waals surface area (Å²) in [5.41, 5.74) is 1.34. The van der Waals surface area contributed by atoms with Crippen molar-refractivity contribution in [3.05, 3.63) is 102 Å². The minimum atomic E-state index is -0.396. The number of para-hydroxylation sites is 2. The van der Waals surface area contributed by atoms with Gasteiger partial charge in [-0.25, -0.2) is 0 Å². The second-order valence-corrected chi connectivity index (χ2v) is 6.19. The van der Waals surface area contributed by atoms with E-state index in [-0.39, 0.29) is 34.1 Å². The zero-order valence-electron chi connectivity index (χ0n) is 14.7. The van der Waals surface area contributed by atoms with Gasteiger partial charge in [0.05, 0.1) is 22.5 Å². The lowest BCUT2D eigenvalue weighted by Gasteiger charge is -2.11. The average molecular weight is 372 g/mol. The Morgan fingerprint density at radius 2 is 1.36 bits per heavy atom. The van der Waals surface area contributed by atoms with Crippen molar-refractivity contribution >= 4 is 11.6 Å². The standard InChI is InChI=1S/C22H16N2O4/c25-18-9-3-1-6-14(18)21(27)17-8-5-13-24(17)16-11-12-23-20(16)22(28)15-7-2-4-10-19(15)26/h1-13,23,25-26H. The maximum atomic E-state index is 12.9. The van der Waals surface area contributed by atoms with E-state index in [1.807, 2.05) is 0 Å². The number of nitrogens with one attached hydrogen (secondary N) is 1. The Kier molecular flexibility index (Phi) is 4.29. The zero-order chi connectivity index (χ0) is 19.7. The van der Waals surface area contributed by atoms with Crippen LogP contribution < -0.4 is 0 Å². The van der Waals surface area contributed by atoms with Crippen molar-refractivity contribution in [2.45, 2.75) is 0 Å². The number of aromatic nitrogens is 2. The maximum Gasteiger partial charge on any atom is 0.215 e. The third-order valence-corrected chi connectivity index (χ3v) is 4.49. The Hall–Kier alpha value is -4.06. The van der Waals surface area contributed by atoms with Crippen molar-refractivity contribution in [1.29, 1.82) is 0 Å². The molecule has 4 aromatic rings. The molecule has 138 valence electrons. The van der Waals surface area contributed by atoms with Crippen LogP contribution in [0.1, 0.15) is 32.1 Å². The van der Waals surface area contributed by atoms with Crippen LogP contribution in [0.25, 0.3) is 5.69 Å². The van der Waals surface area contributed by atoms with Crippen LogP contribution in [-0.2, 0) is 0 Å². The Balaban J connectivity index is 1.78. The molecule has 2 aromatic carbocycles. The molecule has 4 rings (SSSR count). The summed E-state index contributed by atoms with van der Waals surface area (Å²) in [6.07, 6.45) is 3.26. The molecule has 3 N–H and O–H groups in total. The molecule has 0 aliphatic carbocycles. The highest BCUT2D eigenvalue weighted by Gasteiger charge is 2.22. The third-order valence-electron chi connectivity index (χ3n) is 4.49. The molecule has 6 nitrogen and oxygen atoms in total. The summed E-state index contributed by atoms with van der Waals surface area (Å²) in [5.74, 6) is -0.996. The van der Waals surface area contributed by atoms with Gasteiger partial charge in [-0.15, -0.1) is 0 Å². The predicted molar refractivity (Wildman–Crippen MR) is 103 cm³/mol. The number of nitrogens with zero attached hydrogens (tertiary/aromatic N) is 1. The second kappa shape index (κ2) is 6.92. The highest BCUT2D eigenvalue weighted by molar-refractivity contribution is 6.13. The van der Waals surface area contributed by atoms with E-state index in [1.54, 1.807) is 65.5 Å². The molecule has 0 aliphatic heterocycles. The molecule has 2 heterocycles. The summed E-state index contributed by atoms with van der Waals surface area (Å²) >= 11 is 0. The molecule has 0 aliphatic rings. The number of H-pyrrole nitrogens is 1. The van der Waals surface area contributed by atoms with Crippen molar-refractivity contribution in [2.24, 2.45) is 0 Å². The molecule has 0 bridgehead atoms. The molecule has 0 spiro atoms. The van der Waals surface area contributed by atoms with Crippen molar-refractivity contribution < 1.29 is 19.8 Å². The molecule has 0 saturated heterocycles. The molecule has 0 fully saturated rings. The monoisotopic (exact) mass is 372 g/mol. The summed E-state index contributed by atoms with van der Waals surface area (Å²) in [6, 6.07) is 17.6. The Morgan fingerprint density at radius 1 is 0.750 bits per heavy atom. The average Bonchev–Trinajstić information content (AvgIpc) is 3.36. The van der Waals surface area contributed by atoms with E-state index in [0.29, 0.717) is 11.4 Å². The fourth-order valence-electron chi connectivity index (χ4n) is 3.12. The van der Waals surface area contributed by atoms with Gasteiger partial charge in [-0.3, -0.25) is 9.59 Å². The Labute approximate surface area is 160 Å². The van der Waals surface area contributed by atoms with Gasteiger partial charge in [0, 0.05) is 12.4 Å². The molecule has 28 heavy (non-hydrogen) atoms. The number of carbonyl (C=O) groups excluding carboxylic acids is 2. The maximum absolute atomic E-state index is 12.9. The van der Waals surface area contributed by atoms with Gasteiger partial charge in [0.25, 0.3) is 0 Å². The van der Waals surface area contributed by atoms with Gasteiger partial charge >= 0.3 is 0 Å². The fraction of sp³-hybridized carbons (Fsp3) is 0. The highest BCUT2D eigenvalue weighted by Crippen LogP contribution is 2.26. The molecule has 2 aromatic heterocycles. The third kappa shape index (κ3) is 2.87. The molecular formula is C22H16N2O4. The van der Waals surface area contributed by atoms with Crippen molar-refractivity contribution in [3.63, 3.8) is 0 Å². The second-order valence-electron chi connectivity index (χ2n) is 6.19. The number of hydrogen-bond acceptors (Lipinski definition) is 4. The van der Waals surface area contributed by atoms with Crippen LogP contribution in [0, 0.1) is 0 Å². The number of benzene rings is 2. The van der Waals surface area contributed by atoms with E-state index in [0.717, 1.165) is 0 Å². The number of aromatic hydroxyl groups is 2. The minimum absolute atomic E-state index is 0.111. The molecule has 0 radical (unpaired) electrons. The van der Waals surface area contributed by atoms with E-state index in [9.17, 15) is 19.8 Å². The molecule has 0 unspecified atom stereocenters. The molecule has 6 heteroatoms. The van der Waals surface area contributed by atoms with Gasteiger partial charge in [-0.05, 0) is 42.5 Å². The van der Waals surface area contributed by atoms with E-state index < -0.39 is 5.78 Å². The predicted octanol–water partition coefficient (Wildman–Crippen LogP) is 3.68. The number of phenolic OH excluding ortho intramolecular Hbond substituents is 2. The quantitative estimate of drug-likeness (QED) is 0.466. The first-order chi connectivity index (χ1) is 13.6. The summed E-state index contributed by atoms with van der Waals surface area (Å²) in [4.78, 5) is 28.7. The van der Waals surface area contributed by atoms with Gasteiger partial charge < -0.3 is 19.8 Å². The van der Waals surface area contributed by atoms with Gasteiger partial charge in [0.1, 0.15) is 17.2 Å². The largest absolute Gasteiger partial charge is 0.507 e. The lowest BCUT2D eigenvalue weighted by atomic mass is 10.1. The summed E-state index contributed by atoms with van der Waals surface area (Å²) in [5, 5.41) is 20.0. The number of phenols is 2. The first-order valence-electron chi connectivity index (χ1n) is 8.58. The van der Waals surface area contributed by atoms with Gasteiger partial charge in [-0.2, -0.15) is 0 Å². The molecule has 0 atom stereocenters. The van der Waals surface area contributed by atoms with E-state index >= 15 is 0 Å². The fourth-order valence-corrected chi connectivity index (χ4v) is 3.12. The number of aromatic amines is 1. The number of hydrogen-bond donors (Lipinski definition) is 3. The van der Waals surface area contributed by atoms with Crippen LogP contribution in [0.2, 0.25) is 0 Å². The zero-order valence-corrected chi connectivity index (χ0v) is 14.7. The summed E-state index contributed by atoms with van der Waals surface area (Å²) in [6.45, 7) is 0. The van der Waals surface area contributed by atoms with E-state index in [4.69, 9.17) is 0 Å². The number of rotatable bonds is 5. The van der Waals surface area contributed by atoms with E-state index in [2.05, 4.69) is 4.98 Å². The number of carbonyl (C=O) groups is 2. The van der Waals surface area contributed by atoms with E-state index in [1.165, 1.54) is 18.2 Å². The van der Waals surface area contributed by atoms with Crippen LogP contribution in [0.15, 0.2) is 79.1 Å². The highest BCUT2D eigenvalue weighted by atomic mass is 16.3. The lowest BCUT2D eigenvalue weighted by molar-refractivity contribution is 0.101. The minimum Gasteiger partial charge on any atom is -0.507 e. The van der Waals surface area contributed by atoms with Crippen molar-refractivity contribution in [3.8, 4) is 17.2 Å². The van der Waals surface area contributed by atoms with Crippen LogP contribution in [-0.4, -0.2) is 31.3 Å². The smallest absolute Gasteiger partial charge is 0.215 e.